The number of benzene rings is 3. The van der Waals surface area contributed by atoms with Crippen molar-refractivity contribution in [2.75, 3.05) is 5.32 Å². The van der Waals surface area contributed by atoms with E-state index >= 15 is 0 Å². The fraction of sp³-hybridized carbons (Fsp3) is 0.0455. The number of amides is 1. The van der Waals surface area contributed by atoms with E-state index in [2.05, 4.69) is 10.3 Å². The van der Waals surface area contributed by atoms with E-state index in [4.69, 9.17) is 11.6 Å². The molecule has 1 N–H and O–H groups in total. The molecular weight excluding hydrogens is 393 g/mol. The molecule has 0 radical (unpaired) electrons. The monoisotopic (exact) mass is 407 g/mol. The number of anilines is 1. The molecule has 0 aliphatic rings. The predicted molar refractivity (Wildman–Crippen MR) is 111 cm³/mol. The zero-order chi connectivity index (χ0) is 20.5. The summed E-state index contributed by atoms with van der Waals surface area (Å²) in [7, 11) is 0. The third-order valence-electron chi connectivity index (χ3n) is 4.51. The SMILES string of the molecule is Cc1nc2ccccc2c(=O)n1-c1ccc(F)c(NC(=O)c2ccc(Cl)cc2)c1. The number of carbonyl (C=O) groups excluding carboxylic acids is 1. The summed E-state index contributed by atoms with van der Waals surface area (Å²) in [6.07, 6.45) is 0. The summed E-state index contributed by atoms with van der Waals surface area (Å²) in [6, 6.07) is 17.3. The van der Waals surface area contributed by atoms with Crippen LogP contribution in [-0.4, -0.2) is 15.5 Å². The third-order valence-corrected chi connectivity index (χ3v) is 4.76. The minimum Gasteiger partial charge on any atom is -0.319 e. The van der Waals surface area contributed by atoms with Crippen molar-refractivity contribution in [2.24, 2.45) is 0 Å². The second-order valence-electron chi connectivity index (χ2n) is 6.44. The van der Waals surface area contributed by atoms with Gasteiger partial charge in [-0.05, 0) is 61.5 Å². The van der Waals surface area contributed by atoms with Crippen molar-refractivity contribution in [3.8, 4) is 5.69 Å². The highest BCUT2D eigenvalue weighted by Gasteiger charge is 2.14. The second kappa shape index (κ2) is 7.48. The Balaban J connectivity index is 1.76. The summed E-state index contributed by atoms with van der Waals surface area (Å²) in [4.78, 5) is 29.8. The Hall–Kier alpha value is -3.51. The Morgan fingerprint density at radius 3 is 2.55 bits per heavy atom. The van der Waals surface area contributed by atoms with E-state index in [1.165, 1.54) is 22.8 Å². The van der Waals surface area contributed by atoms with Crippen molar-refractivity contribution in [3.05, 3.63) is 99.3 Å². The Bertz CT molecular complexity index is 1300. The maximum atomic E-state index is 14.3. The number of hydrogen-bond donors (Lipinski definition) is 1. The van der Waals surface area contributed by atoms with Gasteiger partial charge in [0.15, 0.2) is 0 Å². The van der Waals surface area contributed by atoms with Gasteiger partial charge in [-0.25, -0.2) is 9.37 Å². The van der Waals surface area contributed by atoms with Crippen molar-refractivity contribution in [1.29, 1.82) is 0 Å². The molecule has 0 bridgehead atoms. The zero-order valence-corrected chi connectivity index (χ0v) is 16.1. The van der Waals surface area contributed by atoms with E-state index in [1.54, 1.807) is 55.5 Å². The first-order chi connectivity index (χ1) is 13.9. The quantitative estimate of drug-likeness (QED) is 0.533. The Kier molecular flexibility index (Phi) is 4.86. The molecule has 7 heteroatoms. The highest BCUT2D eigenvalue weighted by molar-refractivity contribution is 6.30. The average molecular weight is 408 g/mol. The molecule has 0 saturated carbocycles. The normalized spacial score (nSPS) is 10.9. The number of aryl methyl sites for hydroxylation is 1. The number of nitrogens with zero attached hydrogens (tertiary/aromatic N) is 2. The van der Waals surface area contributed by atoms with Gasteiger partial charge in [0.1, 0.15) is 11.6 Å². The van der Waals surface area contributed by atoms with Gasteiger partial charge in [0.05, 0.1) is 22.3 Å². The first kappa shape index (κ1) is 18.8. The van der Waals surface area contributed by atoms with Gasteiger partial charge in [0, 0.05) is 10.6 Å². The molecule has 0 aliphatic carbocycles. The number of aromatic nitrogens is 2. The summed E-state index contributed by atoms with van der Waals surface area (Å²) < 4.78 is 15.7. The molecule has 0 spiro atoms. The summed E-state index contributed by atoms with van der Waals surface area (Å²) >= 11 is 5.83. The van der Waals surface area contributed by atoms with Crippen molar-refractivity contribution in [2.45, 2.75) is 6.92 Å². The smallest absolute Gasteiger partial charge is 0.265 e. The molecule has 3 aromatic carbocycles. The van der Waals surface area contributed by atoms with Crippen molar-refractivity contribution in [3.63, 3.8) is 0 Å². The molecule has 0 aliphatic heterocycles. The third kappa shape index (κ3) is 3.62. The lowest BCUT2D eigenvalue weighted by atomic mass is 10.2. The van der Waals surface area contributed by atoms with E-state index in [0.717, 1.165) is 0 Å². The minimum absolute atomic E-state index is 0.0399. The topological polar surface area (TPSA) is 64.0 Å². The molecule has 5 nitrogen and oxygen atoms in total. The fourth-order valence-electron chi connectivity index (χ4n) is 3.09. The number of nitrogens with one attached hydrogen (secondary N) is 1. The van der Waals surface area contributed by atoms with E-state index in [0.29, 0.717) is 33.0 Å². The molecule has 1 amide bonds. The van der Waals surface area contributed by atoms with Crippen molar-refractivity contribution >= 4 is 34.1 Å². The number of carbonyl (C=O) groups is 1. The molecule has 1 aromatic heterocycles. The lowest BCUT2D eigenvalue weighted by molar-refractivity contribution is 0.102. The van der Waals surface area contributed by atoms with Gasteiger partial charge in [-0.2, -0.15) is 0 Å². The lowest BCUT2D eigenvalue weighted by Crippen LogP contribution is -2.22. The molecule has 1 heterocycles. The van der Waals surface area contributed by atoms with Crippen LogP contribution < -0.4 is 10.9 Å². The molecular formula is C22H15ClFN3O2. The molecule has 0 atom stereocenters. The van der Waals surface area contributed by atoms with E-state index < -0.39 is 11.7 Å². The van der Waals surface area contributed by atoms with E-state index in [1.807, 2.05) is 0 Å². The molecule has 29 heavy (non-hydrogen) atoms. The largest absolute Gasteiger partial charge is 0.319 e. The van der Waals surface area contributed by atoms with Gasteiger partial charge in [-0.15, -0.1) is 0 Å². The van der Waals surface area contributed by atoms with Crippen LogP contribution >= 0.6 is 11.6 Å². The van der Waals surface area contributed by atoms with Gasteiger partial charge in [-0.1, -0.05) is 23.7 Å². The van der Waals surface area contributed by atoms with Crippen LogP contribution in [0.25, 0.3) is 16.6 Å². The first-order valence-electron chi connectivity index (χ1n) is 8.79. The lowest BCUT2D eigenvalue weighted by Gasteiger charge is -2.13. The predicted octanol–water partition coefficient (Wildman–Crippen LogP) is 4.74. The maximum absolute atomic E-state index is 14.3. The summed E-state index contributed by atoms with van der Waals surface area (Å²) in [5.41, 5.74) is 1.01. The van der Waals surface area contributed by atoms with Crippen LogP contribution in [0.3, 0.4) is 0 Å². The summed E-state index contributed by atoms with van der Waals surface area (Å²) in [6.45, 7) is 1.70. The second-order valence-corrected chi connectivity index (χ2v) is 6.88. The number of para-hydroxylation sites is 1. The molecule has 4 aromatic rings. The molecule has 4 rings (SSSR count). The minimum atomic E-state index is -0.615. The summed E-state index contributed by atoms with van der Waals surface area (Å²) in [5.74, 6) is -0.649. The van der Waals surface area contributed by atoms with Gasteiger partial charge in [-0.3, -0.25) is 14.2 Å². The van der Waals surface area contributed by atoms with E-state index in [9.17, 15) is 14.0 Å². The van der Waals surface area contributed by atoms with Crippen LogP contribution in [0, 0.1) is 12.7 Å². The maximum Gasteiger partial charge on any atom is 0.265 e. The highest BCUT2D eigenvalue weighted by atomic mass is 35.5. The van der Waals surface area contributed by atoms with Crippen molar-refractivity contribution in [1.82, 2.24) is 9.55 Å². The Morgan fingerprint density at radius 2 is 1.79 bits per heavy atom. The average Bonchev–Trinajstić information content (AvgIpc) is 2.71. The Morgan fingerprint density at radius 1 is 1.07 bits per heavy atom. The van der Waals surface area contributed by atoms with Gasteiger partial charge in [0.25, 0.3) is 11.5 Å². The zero-order valence-electron chi connectivity index (χ0n) is 15.3. The van der Waals surface area contributed by atoms with E-state index in [-0.39, 0.29) is 11.2 Å². The molecule has 0 fully saturated rings. The number of fused-ring (bicyclic) bond motifs is 1. The summed E-state index contributed by atoms with van der Waals surface area (Å²) in [5, 5.41) is 3.49. The van der Waals surface area contributed by atoms with Crippen molar-refractivity contribution < 1.29 is 9.18 Å². The van der Waals surface area contributed by atoms with Crippen LogP contribution in [0.2, 0.25) is 5.02 Å². The van der Waals surface area contributed by atoms with Crippen LogP contribution in [0.1, 0.15) is 16.2 Å². The first-order valence-corrected chi connectivity index (χ1v) is 9.17. The standard InChI is InChI=1S/C22H15ClFN3O2/c1-13-25-19-5-3-2-4-17(19)22(29)27(13)16-10-11-18(24)20(12-16)26-21(28)14-6-8-15(23)9-7-14/h2-12H,1H3,(H,26,28). The van der Waals surface area contributed by atoms with Crippen LogP contribution in [-0.2, 0) is 0 Å². The Labute approximate surface area is 170 Å². The van der Waals surface area contributed by atoms with Crippen LogP contribution in [0.4, 0.5) is 10.1 Å². The van der Waals surface area contributed by atoms with Gasteiger partial charge in [0.2, 0.25) is 0 Å². The van der Waals surface area contributed by atoms with Gasteiger partial charge < -0.3 is 5.32 Å². The number of rotatable bonds is 3. The molecule has 144 valence electrons. The number of halogens is 2. The van der Waals surface area contributed by atoms with Crippen LogP contribution in [0.5, 0.6) is 0 Å². The fourth-order valence-corrected chi connectivity index (χ4v) is 3.22. The van der Waals surface area contributed by atoms with Gasteiger partial charge >= 0.3 is 0 Å². The van der Waals surface area contributed by atoms with Crippen LogP contribution in [0.15, 0.2) is 71.5 Å². The molecule has 0 unspecified atom stereocenters. The highest BCUT2D eigenvalue weighted by Crippen LogP contribution is 2.21. The molecule has 0 saturated heterocycles. The number of hydrogen-bond acceptors (Lipinski definition) is 3.